The Hall–Kier alpha value is -5.54. The highest BCUT2D eigenvalue weighted by Crippen LogP contribution is 2.57. The highest BCUT2D eigenvalue weighted by Gasteiger charge is 2.54. The van der Waals surface area contributed by atoms with Crippen LogP contribution in [0.15, 0.2) is 103 Å². The van der Waals surface area contributed by atoms with E-state index >= 15 is 0 Å². The molecule has 5 aromatic rings. The molecule has 9 nitrogen and oxygen atoms in total. The van der Waals surface area contributed by atoms with Crippen LogP contribution in [0.3, 0.4) is 0 Å². The minimum absolute atomic E-state index is 0.0798. The third-order valence-electron chi connectivity index (χ3n) is 13.2. The second kappa shape index (κ2) is 17.6. The van der Waals surface area contributed by atoms with Crippen LogP contribution in [0.5, 0.6) is 17.2 Å². The zero-order valence-electron chi connectivity index (χ0n) is 34.4. The summed E-state index contributed by atoms with van der Waals surface area (Å²) in [5.74, 6) is 1.64. The Morgan fingerprint density at radius 3 is 2.53 bits per heavy atom. The Kier molecular flexibility index (Phi) is 12.1. The zero-order valence-corrected chi connectivity index (χ0v) is 35.1. The Balaban J connectivity index is 1.01. The number of rotatable bonds is 14. The molecule has 0 aliphatic heterocycles. The summed E-state index contributed by atoms with van der Waals surface area (Å²) in [5.41, 5.74) is 6.22. The summed E-state index contributed by atoms with van der Waals surface area (Å²) >= 11 is 6.32. The second-order valence-electron chi connectivity index (χ2n) is 17.4. The van der Waals surface area contributed by atoms with Crippen molar-refractivity contribution in [1.82, 2.24) is 4.98 Å². The monoisotopic (exact) mass is 827 g/mol. The lowest BCUT2D eigenvalue weighted by Gasteiger charge is -2.47. The average Bonchev–Trinajstić information content (AvgIpc) is 3.52. The summed E-state index contributed by atoms with van der Waals surface area (Å²) in [4.78, 5) is 30.6. The fraction of sp³-hybridized carbons (Fsp3) is 0.380. The minimum atomic E-state index is -1.14. The van der Waals surface area contributed by atoms with Gasteiger partial charge in [0.05, 0.1) is 13.0 Å². The number of fused-ring (bicyclic) bond motifs is 3. The van der Waals surface area contributed by atoms with Crippen LogP contribution in [0.1, 0.15) is 98.2 Å². The topological polar surface area (TPSA) is 130 Å². The minimum Gasteiger partial charge on any atom is -0.508 e. The number of aliphatic carboxylic acids is 1. The van der Waals surface area contributed by atoms with Crippen LogP contribution in [0, 0.1) is 11.8 Å². The van der Waals surface area contributed by atoms with Gasteiger partial charge in [-0.15, -0.1) is 0 Å². The fourth-order valence-electron chi connectivity index (χ4n) is 10.1. The summed E-state index contributed by atoms with van der Waals surface area (Å²) < 4.78 is 13.0. The van der Waals surface area contributed by atoms with Crippen LogP contribution in [0.25, 0.3) is 0 Å². The van der Waals surface area contributed by atoms with Crippen molar-refractivity contribution < 1.29 is 29.3 Å². The highest BCUT2D eigenvalue weighted by molar-refractivity contribution is 6.30. The third-order valence-corrected chi connectivity index (χ3v) is 13.5. The molecule has 60 heavy (non-hydrogen) atoms. The first-order valence-electron chi connectivity index (χ1n) is 21.3. The molecule has 1 spiro atoms. The number of aryl methyl sites for hydroxylation is 1. The van der Waals surface area contributed by atoms with Gasteiger partial charge in [0.15, 0.2) is 0 Å². The molecule has 1 heterocycles. The molecular formula is C50H54ClN3O6. The van der Waals surface area contributed by atoms with E-state index in [-0.39, 0.29) is 41.9 Å². The van der Waals surface area contributed by atoms with Gasteiger partial charge in [-0.05, 0) is 152 Å². The molecule has 10 heteroatoms. The number of amides is 1. The number of phenolic OH excluding ortho intramolecular Hbond substituents is 1. The largest absolute Gasteiger partial charge is 0.508 e. The molecule has 0 bridgehead atoms. The smallest absolute Gasteiger partial charge is 0.329 e. The zero-order chi connectivity index (χ0) is 41.9. The van der Waals surface area contributed by atoms with E-state index in [1.54, 1.807) is 30.3 Å². The highest BCUT2D eigenvalue weighted by atomic mass is 35.5. The third kappa shape index (κ3) is 8.83. The van der Waals surface area contributed by atoms with E-state index in [0.717, 1.165) is 49.1 Å². The van der Waals surface area contributed by atoms with Crippen molar-refractivity contribution in [1.29, 1.82) is 0 Å². The molecule has 0 radical (unpaired) electrons. The molecule has 3 atom stereocenters. The maximum Gasteiger partial charge on any atom is 0.329 e. The predicted molar refractivity (Wildman–Crippen MR) is 235 cm³/mol. The van der Waals surface area contributed by atoms with E-state index in [1.165, 1.54) is 16.7 Å². The van der Waals surface area contributed by atoms with E-state index in [1.807, 2.05) is 60.8 Å². The van der Waals surface area contributed by atoms with E-state index in [4.69, 9.17) is 21.1 Å². The van der Waals surface area contributed by atoms with Gasteiger partial charge in [0.1, 0.15) is 29.4 Å². The van der Waals surface area contributed by atoms with E-state index in [2.05, 4.69) is 41.6 Å². The molecule has 0 saturated heterocycles. The van der Waals surface area contributed by atoms with Crippen molar-refractivity contribution in [3.63, 3.8) is 0 Å². The van der Waals surface area contributed by atoms with Crippen molar-refractivity contribution in [2.24, 2.45) is 11.8 Å². The summed E-state index contributed by atoms with van der Waals surface area (Å²) in [6.45, 7) is 5.21. The normalized spacial score (nSPS) is 22.3. The van der Waals surface area contributed by atoms with Crippen LogP contribution in [0.2, 0.25) is 5.02 Å². The number of nitrogens with zero attached hydrogens (tertiary/aromatic N) is 1. The Morgan fingerprint density at radius 1 is 0.933 bits per heavy atom. The quantitative estimate of drug-likeness (QED) is 0.0814. The maximum absolute atomic E-state index is 13.1. The molecule has 4 N–H and O–H groups in total. The summed E-state index contributed by atoms with van der Waals surface area (Å²) in [6.07, 6.45) is 9.46. The SMILES string of the molecule is C[C@@H](COc1ccnc2c1[C@H](C)CCC2)CC1Cc2ccc(OCc3cc(NC(=O)Cc4ccccc4)ccc3O)cc2C12CCC(Nc1cccc(Cl)c1)(C(=O)O)CC2. The van der Waals surface area contributed by atoms with Crippen molar-refractivity contribution in [3.8, 4) is 17.2 Å². The second-order valence-corrected chi connectivity index (χ2v) is 17.8. The van der Waals surface area contributed by atoms with Gasteiger partial charge in [-0.1, -0.05) is 67.9 Å². The van der Waals surface area contributed by atoms with Crippen LogP contribution in [-0.4, -0.2) is 39.2 Å². The van der Waals surface area contributed by atoms with Gasteiger partial charge in [-0.25, -0.2) is 4.79 Å². The number of phenols is 1. The van der Waals surface area contributed by atoms with Gasteiger partial charge >= 0.3 is 5.97 Å². The van der Waals surface area contributed by atoms with Gasteiger partial charge in [-0.3, -0.25) is 9.78 Å². The molecule has 3 aliphatic carbocycles. The van der Waals surface area contributed by atoms with Crippen LogP contribution in [-0.2, 0) is 40.9 Å². The first-order valence-corrected chi connectivity index (χ1v) is 21.7. The Bertz CT molecular complexity index is 2340. The molecule has 1 saturated carbocycles. The fourth-order valence-corrected chi connectivity index (χ4v) is 10.3. The Morgan fingerprint density at radius 2 is 1.75 bits per heavy atom. The summed E-state index contributed by atoms with van der Waals surface area (Å²) in [7, 11) is 0. The number of hydrogen-bond acceptors (Lipinski definition) is 7. The van der Waals surface area contributed by atoms with Crippen LogP contribution < -0.4 is 20.1 Å². The number of pyridine rings is 1. The number of carbonyl (C=O) groups excluding carboxylic acids is 1. The molecule has 312 valence electrons. The number of hydrogen-bond donors (Lipinski definition) is 4. The Labute approximate surface area is 357 Å². The predicted octanol–water partition coefficient (Wildman–Crippen LogP) is 10.7. The number of benzene rings is 4. The number of ether oxygens (including phenoxy) is 2. The van der Waals surface area contributed by atoms with Gasteiger partial charge in [-0.2, -0.15) is 0 Å². The van der Waals surface area contributed by atoms with E-state index < -0.39 is 11.5 Å². The first-order chi connectivity index (χ1) is 29.0. The van der Waals surface area contributed by atoms with Crippen molar-refractivity contribution in [2.75, 3.05) is 17.2 Å². The van der Waals surface area contributed by atoms with Crippen molar-refractivity contribution in [2.45, 2.75) is 102 Å². The number of anilines is 2. The number of nitrogens with one attached hydrogen (secondary N) is 2. The van der Waals surface area contributed by atoms with Gasteiger partial charge < -0.3 is 30.3 Å². The van der Waals surface area contributed by atoms with Crippen LogP contribution >= 0.6 is 11.6 Å². The molecule has 1 aromatic heterocycles. The molecule has 1 unspecified atom stereocenters. The summed E-state index contributed by atoms with van der Waals surface area (Å²) in [5, 5.41) is 28.4. The lowest BCUT2D eigenvalue weighted by molar-refractivity contribution is -0.144. The number of carboxylic acid groups (broad SMARTS) is 1. The summed E-state index contributed by atoms with van der Waals surface area (Å²) in [6, 6.07) is 30.1. The van der Waals surface area contributed by atoms with E-state index in [0.29, 0.717) is 65.9 Å². The average molecular weight is 828 g/mol. The van der Waals surface area contributed by atoms with Crippen molar-refractivity contribution in [3.05, 3.63) is 142 Å². The number of carbonyl (C=O) groups is 2. The molecule has 4 aromatic carbocycles. The van der Waals surface area contributed by atoms with Crippen LogP contribution in [0.4, 0.5) is 11.4 Å². The van der Waals surface area contributed by atoms with Gasteiger partial charge in [0, 0.05) is 39.4 Å². The molecular weight excluding hydrogens is 774 g/mol. The number of carboxylic acids is 1. The number of halogens is 1. The molecule has 1 amide bonds. The van der Waals surface area contributed by atoms with Gasteiger partial charge in [0.25, 0.3) is 0 Å². The lowest BCUT2D eigenvalue weighted by Crippen LogP contribution is -2.53. The lowest BCUT2D eigenvalue weighted by atomic mass is 9.59. The maximum atomic E-state index is 13.1. The standard InChI is InChI=1S/C50H54ClN3O6/c1-32(30-60-45-18-23-52-43-13-6-8-33(2)47(43)45)24-37-26-35-14-16-41(59-31-36-27-39(15-17-44(36)55)53-46(56)25-34-9-4-3-5-10-34)29-42(35)49(37)19-21-50(22-20-49,48(57)58)54-40-12-7-11-38(51)28-40/h3-5,7,9-12,14-18,23,27-29,32-33,37,54-55H,6,8,13,19-22,24-26,30-31H2,1-2H3,(H,53,56)(H,57,58)/t32-,33-,37?,49?,50?/m1/s1. The molecule has 8 rings (SSSR count). The van der Waals surface area contributed by atoms with E-state index in [9.17, 15) is 19.8 Å². The van der Waals surface area contributed by atoms with Crippen molar-refractivity contribution >= 4 is 34.9 Å². The molecule has 1 fully saturated rings. The van der Waals surface area contributed by atoms with Gasteiger partial charge in [0.2, 0.25) is 5.91 Å². The number of aromatic nitrogens is 1. The first kappa shape index (κ1) is 41.2. The number of aromatic hydroxyl groups is 1. The molecule has 3 aliphatic rings.